The molecular formula is C53H61FN6O4S2. The third kappa shape index (κ3) is 11.0. The van der Waals surface area contributed by atoms with Gasteiger partial charge in [-0.1, -0.05) is 37.3 Å². The molecule has 8 rings (SSSR count). The Kier molecular flexibility index (Phi) is 14.9. The van der Waals surface area contributed by atoms with E-state index in [4.69, 9.17) is 0 Å². The van der Waals surface area contributed by atoms with Crippen LogP contribution >= 0.6 is 11.8 Å². The third-order valence-electron chi connectivity index (χ3n) is 13.1. The van der Waals surface area contributed by atoms with Crippen LogP contribution in [0, 0.1) is 19.7 Å². The van der Waals surface area contributed by atoms with E-state index in [9.17, 15) is 22.7 Å². The second kappa shape index (κ2) is 20.9. The first-order valence-electron chi connectivity index (χ1n) is 23.0. The lowest BCUT2D eigenvalue weighted by molar-refractivity contribution is 0.0817. The van der Waals surface area contributed by atoms with Gasteiger partial charge in [0, 0.05) is 116 Å². The number of aliphatic hydroxyl groups excluding tert-OH is 1. The minimum atomic E-state index is -3.85. The summed E-state index contributed by atoms with van der Waals surface area (Å²) in [4.78, 5) is 21.9. The van der Waals surface area contributed by atoms with Gasteiger partial charge in [0.15, 0.2) is 5.78 Å². The minimum Gasteiger partial charge on any atom is -0.393 e. The van der Waals surface area contributed by atoms with Crippen molar-refractivity contribution in [3.8, 4) is 22.4 Å². The summed E-state index contributed by atoms with van der Waals surface area (Å²) in [5.74, 6) is 0.629. The Balaban J connectivity index is 0.898. The predicted molar refractivity (Wildman–Crippen MR) is 269 cm³/mol. The number of nitrogens with one attached hydrogen (secondary N) is 2. The summed E-state index contributed by atoms with van der Waals surface area (Å²) in [6.07, 6.45) is 2.73. The van der Waals surface area contributed by atoms with Crippen molar-refractivity contribution < 1.29 is 22.7 Å². The Hall–Kier alpha value is -5.60. The van der Waals surface area contributed by atoms with E-state index >= 15 is 0 Å². The Morgan fingerprint density at radius 1 is 0.803 bits per heavy atom. The van der Waals surface area contributed by atoms with Crippen molar-refractivity contribution in [1.82, 2.24) is 9.47 Å². The summed E-state index contributed by atoms with van der Waals surface area (Å²) >= 11 is 1.81. The highest BCUT2D eigenvalue weighted by atomic mass is 32.2. The van der Waals surface area contributed by atoms with Crippen LogP contribution in [0.15, 0.2) is 131 Å². The van der Waals surface area contributed by atoms with E-state index in [0.29, 0.717) is 17.7 Å². The van der Waals surface area contributed by atoms with E-state index in [1.54, 1.807) is 24.3 Å². The molecule has 0 saturated carbocycles. The van der Waals surface area contributed by atoms with Gasteiger partial charge in [0.05, 0.1) is 16.7 Å². The van der Waals surface area contributed by atoms with Crippen LogP contribution in [-0.2, 0) is 17.1 Å². The number of sulfonamides is 1. The lowest BCUT2D eigenvalue weighted by Crippen LogP contribution is -2.46. The number of hydrogen-bond acceptors (Lipinski definition) is 9. The molecule has 0 amide bonds. The maximum atomic E-state index is 14.0. The smallest absolute Gasteiger partial charge is 0.261 e. The van der Waals surface area contributed by atoms with Crippen molar-refractivity contribution in [2.75, 3.05) is 71.4 Å². The summed E-state index contributed by atoms with van der Waals surface area (Å²) in [6, 6.07) is 38.2. The highest BCUT2D eigenvalue weighted by molar-refractivity contribution is 7.99. The number of carbonyl (C=O) groups excluding carboxylic acids is 1. The molecule has 3 N–H and O–H groups in total. The van der Waals surface area contributed by atoms with Gasteiger partial charge in [0.1, 0.15) is 5.82 Å². The van der Waals surface area contributed by atoms with E-state index in [2.05, 4.69) is 61.1 Å². The van der Waals surface area contributed by atoms with Crippen LogP contribution in [-0.4, -0.2) is 92.5 Å². The maximum Gasteiger partial charge on any atom is 0.261 e. The molecule has 0 radical (unpaired) electrons. The van der Waals surface area contributed by atoms with E-state index < -0.39 is 10.0 Å². The molecule has 6 aromatic rings. The van der Waals surface area contributed by atoms with E-state index in [1.807, 2.05) is 92.7 Å². The number of aromatic nitrogens is 1. The molecule has 5 aromatic carbocycles. The minimum absolute atomic E-state index is 0.0718. The first-order chi connectivity index (χ1) is 31.9. The molecule has 0 spiro atoms. The number of aryl methyl sites for hydroxylation is 1. The number of anilines is 4. The second-order valence-electron chi connectivity index (χ2n) is 17.5. The van der Waals surface area contributed by atoms with Gasteiger partial charge in [-0.05, 0) is 141 Å². The van der Waals surface area contributed by atoms with Crippen molar-refractivity contribution >= 4 is 50.3 Å². The number of piperidine rings is 1. The predicted octanol–water partition coefficient (Wildman–Crippen LogP) is 10.3. The van der Waals surface area contributed by atoms with Gasteiger partial charge in [-0.15, -0.1) is 11.8 Å². The van der Waals surface area contributed by atoms with Crippen molar-refractivity contribution in [2.45, 2.75) is 68.4 Å². The number of likely N-dealkylation sites (tertiary alicyclic amines) is 1. The number of Topliss-reactive ketones (excluding diaryl/α,β-unsaturated/α-hetero) is 1. The molecule has 346 valence electrons. The lowest BCUT2D eigenvalue weighted by atomic mass is 9.93. The fourth-order valence-electron chi connectivity index (χ4n) is 9.16. The van der Waals surface area contributed by atoms with Gasteiger partial charge in [-0.2, -0.15) is 0 Å². The van der Waals surface area contributed by atoms with Crippen LogP contribution in [0.2, 0.25) is 0 Å². The molecule has 0 bridgehead atoms. The fourth-order valence-corrected chi connectivity index (χ4v) is 11.3. The number of hydrogen-bond donors (Lipinski definition) is 3. The number of nitrogens with zero attached hydrogens (tertiary/aromatic N) is 4. The maximum absolute atomic E-state index is 14.0. The summed E-state index contributed by atoms with van der Waals surface area (Å²) in [6.45, 7) is 11.6. The lowest BCUT2D eigenvalue weighted by Gasteiger charge is -2.37. The summed E-state index contributed by atoms with van der Waals surface area (Å²) in [5.41, 5.74) is 9.48. The Morgan fingerprint density at radius 2 is 1.48 bits per heavy atom. The summed E-state index contributed by atoms with van der Waals surface area (Å²) < 4.78 is 46.2. The number of ketones is 1. The zero-order valence-electron chi connectivity index (χ0n) is 38.3. The van der Waals surface area contributed by atoms with Crippen LogP contribution in [0.25, 0.3) is 22.4 Å². The van der Waals surface area contributed by atoms with Gasteiger partial charge in [-0.25, -0.2) is 12.8 Å². The van der Waals surface area contributed by atoms with Gasteiger partial charge in [0.25, 0.3) is 10.0 Å². The van der Waals surface area contributed by atoms with Crippen molar-refractivity contribution in [1.29, 1.82) is 0 Å². The molecule has 10 nitrogen and oxygen atoms in total. The average molecular weight is 929 g/mol. The van der Waals surface area contributed by atoms with Crippen molar-refractivity contribution in [2.24, 2.45) is 7.05 Å². The van der Waals surface area contributed by atoms with Crippen LogP contribution in [0.3, 0.4) is 0 Å². The normalized spacial score (nSPS) is 15.5. The topological polar surface area (TPSA) is 110 Å². The number of benzene rings is 5. The SMILES string of the molecule is CCC(=O)c1c(-c2cccc(N3CCN(c4ccc(NS(=O)(=O)c5ccc(N[C@H](CCN6CCC(O)CC6)CSc6ccccc6)c(C)c5)cc4)CC3)c2)c(-c2ccc(F)cc2)n(C)c1C. The number of halogens is 1. The summed E-state index contributed by atoms with van der Waals surface area (Å²) in [5, 5.41) is 13.7. The molecule has 66 heavy (non-hydrogen) atoms. The molecule has 2 saturated heterocycles. The van der Waals surface area contributed by atoms with E-state index in [-0.39, 0.29) is 28.6 Å². The first kappa shape index (κ1) is 46.9. The highest BCUT2D eigenvalue weighted by Crippen LogP contribution is 2.41. The molecule has 0 unspecified atom stereocenters. The number of piperazine rings is 1. The molecule has 2 aliphatic heterocycles. The number of rotatable bonds is 17. The van der Waals surface area contributed by atoms with Crippen LogP contribution in [0.5, 0.6) is 0 Å². The monoisotopic (exact) mass is 928 g/mol. The van der Waals surface area contributed by atoms with Gasteiger partial charge < -0.3 is 29.7 Å². The number of carbonyl (C=O) groups is 1. The Labute approximate surface area is 393 Å². The first-order valence-corrected chi connectivity index (χ1v) is 25.5. The van der Waals surface area contributed by atoms with Crippen LogP contribution < -0.4 is 19.8 Å². The molecule has 1 atom stereocenters. The number of thioether (sulfide) groups is 1. The van der Waals surface area contributed by atoms with Gasteiger partial charge >= 0.3 is 0 Å². The number of aliphatic hydroxyl groups is 1. The van der Waals surface area contributed by atoms with Gasteiger partial charge in [-0.3, -0.25) is 9.52 Å². The largest absolute Gasteiger partial charge is 0.393 e. The molecule has 3 heterocycles. The Bertz CT molecular complexity index is 2710. The quantitative estimate of drug-likeness (QED) is 0.0609. The zero-order valence-corrected chi connectivity index (χ0v) is 40.0. The molecule has 2 fully saturated rings. The molecule has 1 aromatic heterocycles. The van der Waals surface area contributed by atoms with Crippen molar-refractivity contribution in [3.05, 3.63) is 144 Å². The standard InChI is InChI=1S/C53H61FN6O4S2/c1-5-50(62)51-38(3)57(4)53(39-14-16-41(54)17-15-39)52(51)40-10-9-11-45(35-40)60-32-30-59(31-33-60)44-20-18-42(19-21-44)56-66(63,64)48-22-23-49(37(2)34-48)55-43(36-65-47-12-7-6-8-13-47)24-27-58-28-25-46(61)26-29-58/h6-23,34-35,43,46,55-56,61H,5,24-33,36H2,1-4H3/t43-/m1/s1. The molecule has 13 heteroatoms. The van der Waals surface area contributed by atoms with Gasteiger partial charge in [0.2, 0.25) is 0 Å². The molecule has 0 aliphatic carbocycles. The Morgan fingerprint density at radius 3 is 2.15 bits per heavy atom. The second-order valence-corrected chi connectivity index (χ2v) is 20.3. The van der Waals surface area contributed by atoms with E-state index in [1.165, 1.54) is 17.0 Å². The highest BCUT2D eigenvalue weighted by Gasteiger charge is 2.27. The van der Waals surface area contributed by atoms with Crippen LogP contribution in [0.4, 0.5) is 27.1 Å². The van der Waals surface area contributed by atoms with E-state index in [0.717, 1.165) is 122 Å². The average Bonchev–Trinajstić information content (AvgIpc) is 3.60. The zero-order chi connectivity index (χ0) is 46.4. The fraction of sp³-hybridized carbons (Fsp3) is 0.340. The van der Waals surface area contributed by atoms with Crippen LogP contribution in [0.1, 0.15) is 54.2 Å². The van der Waals surface area contributed by atoms with Crippen molar-refractivity contribution in [3.63, 3.8) is 0 Å². The molecular weight excluding hydrogens is 868 g/mol. The summed E-state index contributed by atoms with van der Waals surface area (Å²) in [7, 11) is -1.89. The third-order valence-corrected chi connectivity index (χ3v) is 15.6. The molecule has 2 aliphatic rings.